The number of nitrogens with zero attached hydrogens (tertiary/aromatic N) is 1. The average Bonchev–Trinajstić information content (AvgIpc) is 2.62. The van der Waals surface area contributed by atoms with Crippen LogP contribution in [0.4, 0.5) is 0 Å². The van der Waals surface area contributed by atoms with E-state index in [-0.39, 0.29) is 12.5 Å². The lowest BCUT2D eigenvalue weighted by Gasteiger charge is -2.31. The van der Waals surface area contributed by atoms with E-state index in [2.05, 4.69) is 0 Å². The summed E-state index contributed by atoms with van der Waals surface area (Å²) in [6, 6.07) is 14.3. The largest absolute Gasteiger partial charge is 0.457 e. The minimum Gasteiger partial charge on any atom is -0.457 e. The monoisotopic (exact) mass is 345 g/mol. The molecule has 2 aromatic carbocycles. The summed E-state index contributed by atoms with van der Waals surface area (Å²) in [5, 5.41) is 9.79. The standard InChI is InChI=1S/C19H20ClNO3/c20-16-2-1-3-18(12-16)24-17-6-4-15(5-7-17)19(23)21-10-8-14(13-22)9-11-21/h1-7,12,14,22H,8-11,13H2. The van der Waals surface area contributed by atoms with Gasteiger partial charge < -0.3 is 14.7 Å². The van der Waals surface area contributed by atoms with E-state index in [0.29, 0.717) is 41.1 Å². The van der Waals surface area contributed by atoms with Gasteiger partial charge in [0.25, 0.3) is 5.91 Å². The van der Waals surface area contributed by atoms with Gasteiger partial charge in [-0.1, -0.05) is 17.7 Å². The smallest absolute Gasteiger partial charge is 0.253 e. The first-order valence-electron chi connectivity index (χ1n) is 8.09. The minimum atomic E-state index is 0.0284. The fraction of sp³-hybridized carbons (Fsp3) is 0.316. The van der Waals surface area contributed by atoms with Gasteiger partial charge in [-0.3, -0.25) is 4.79 Å². The van der Waals surface area contributed by atoms with Crippen molar-refractivity contribution in [1.82, 2.24) is 4.90 Å². The topological polar surface area (TPSA) is 49.8 Å². The molecule has 0 atom stereocenters. The van der Waals surface area contributed by atoms with Crippen molar-refractivity contribution < 1.29 is 14.6 Å². The van der Waals surface area contributed by atoms with Crippen LogP contribution in [0.25, 0.3) is 0 Å². The Morgan fingerprint density at radius 2 is 1.83 bits per heavy atom. The first-order valence-corrected chi connectivity index (χ1v) is 8.47. The van der Waals surface area contributed by atoms with Crippen LogP contribution in [0.1, 0.15) is 23.2 Å². The number of halogens is 1. The summed E-state index contributed by atoms with van der Waals surface area (Å²) in [6.45, 7) is 1.60. The van der Waals surface area contributed by atoms with Crippen molar-refractivity contribution in [3.63, 3.8) is 0 Å². The highest BCUT2D eigenvalue weighted by molar-refractivity contribution is 6.30. The number of hydrogen-bond donors (Lipinski definition) is 1. The number of likely N-dealkylation sites (tertiary alicyclic amines) is 1. The van der Waals surface area contributed by atoms with E-state index in [1.165, 1.54) is 0 Å². The molecule has 0 unspecified atom stereocenters. The van der Waals surface area contributed by atoms with E-state index < -0.39 is 0 Å². The van der Waals surface area contributed by atoms with Gasteiger partial charge in [0.2, 0.25) is 0 Å². The Kier molecular flexibility index (Phi) is 5.38. The van der Waals surface area contributed by atoms with Gasteiger partial charge in [0, 0.05) is 30.3 Å². The highest BCUT2D eigenvalue weighted by Crippen LogP contribution is 2.25. The molecular weight excluding hydrogens is 326 g/mol. The number of carbonyl (C=O) groups excluding carboxylic acids is 1. The third-order valence-corrected chi connectivity index (χ3v) is 4.53. The minimum absolute atomic E-state index is 0.0284. The Hall–Kier alpha value is -2.04. The van der Waals surface area contributed by atoms with Crippen molar-refractivity contribution in [2.24, 2.45) is 5.92 Å². The van der Waals surface area contributed by atoms with Crippen LogP contribution >= 0.6 is 11.6 Å². The van der Waals surface area contributed by atoms with E-state index in [4.69, 9.17) is 16.3 Å². The quantitative estimate of drug-likeness (QED) is 0.912. The Labute approximate surface area is 146 Å². The Balaban J connectivity index is 1.63. The van der Waals surface area contributed by atoms with Crippen LogP contribution in [0.5, 0.6) is 11.5 Å². The highest BCUT2D eigenvalue weighted by atomic mass is 35.5. The van der Waals surface area contributed by atoms with Gasteiger partial charge in [-0.25, -0.2) is 0 Å². The molecule has 126 valence electrons. The van der Waals surface area contributed by atoms with Gasteiger partial charge in [-0.05, 0) is 61.2 Å². The van der Waals surface area contributed by atoms with Crippen LogP contribution < -0.4 is 4.74 Å². The molecule has 0 radical (unpaired) electrons. The normalized spacial score (nSPS) is 15.3. The second-order valence-electron chi connectivity index (χ2n) is 6.00. The lowest BCUT2D eigenvalue weighted by molar-refractivity contribution is 0.0651. The lowest BCUT2D eigenvalue weighted by Crippen LogP contribution is -2.39. The number of ether oxygens (including phenoxy) is 1. The van der Waals surface area contributed by atoms with Gasteiger partial charge in [0.05, 0.1) is 0 Å². The Morgan fingerprint density at radius 1 is 1.12 bits per heavy atom. The number of piperidine rings is 1. The number of benzene rings is 2. The molecule has 3 rings (SSSR count). The van der Waals surface area contributed by atoms with Crippen LogP contribution in [-0.2, 0) is 0 Å². The first-order chi connectivity index (χ1) is 11.7. The highest BCUT2D eigenvalue weighted by Gasteiger charge is 2.23. The molecule has 5 heteroatoms. The van der Waals surface area contributed by atoms with Crippen LogP contribution in [0, 0.1) is 5.92 Å². The van der Waals surface area contributed by atoms with Crippen molar-refractivity contribution in [2.45, 2.75) is 12.8 Å². The number of rotatable bonds is 4. The van der Waals surface area contributed by atoms with Gasteiger partial charge in [-0.2, -0.15) is 0 Å². The van der Waals surface area contributed by atoms with Crippen molar-refractivity contribution in [1.29, 1.82) is 0 Å². The third kappa shape index (κ3) is 4.08. The molecule has 0 bridgehead atoms. The first kappa shape index (κ1) is 16.8. The number of aliphatic hydroxyl groups is 1. The maximum atomic E-state index is 12.5. The molecule has 0 spiro atoms. The van der Waals surface area contributed by atoms with Crippen LogP contribution in [0.15, 0.2) is 48.5 Å². The number of carbonyl (C=O) groups is 1. The van der Waals surface area contributed by atoms with Crippen molar-refractivity contribution in [3.05, 3.63) is 59.1 Å². The Bertz CT molecular complexity index is 694. The maximum absolute atomic E-state index is 12.5. The van der Waals surface area contributed by atoms with Crippen LogP contribution in [0.2, 0.25) is 5.02 Å². The number of hydrogen-bond acceptors (Lipinski definition) is 3. The molecule has 1 fully saturated rings. The molecule has 2 aromatic rings. The molecular formula is C19H20ClNO3. The van der Waals surface area contributed by atoms with Crippen molar-refractivity contribution in [3.8, 4) is 11.5 Å². The molecule has 0 saturated carbocycles. The second kappa shape index (κ2) is 7.69. The van der Waals surface area contributed by atoms with Gasteiger partial charge in [0.15, 0.2) is 0 Å². The molecule has 1 aliphatic rings. The molecule has 1 saturated heterocycles. The molecule has 1 N–H and O–H groups in total. The summed E-state index contributed by atoms with van der Waals surface area (Å²) >= 11 is 5.94. The van der Waals surface area contributed by atoms with Gasteiger partial charge in [0.1, 0.15) is 11.5 Å². The zero-order valence-electron chi connectivity index (χ0n) is 13.3. The van der Waals surface area contributed by atoms with Crippen molar-refractivity contribution in [2.75, 3.05) is 19.7 Å². The average molecular weight is 346 g/mol. The fourth-order valence-corrected chi connectivity index (χ4v) is 3.01. The molecule has 24 heavy (non-hydrogen) atoms. The summed E-state index contributed by atoms with van der Waals surface area (Å²) in [5.41, 5.74) is 0.649. The van der Waals surface area contributed by atoms with E-state index >= 15 is 0 Å². The van der Waals surface area contributed by atoms with Gasteiger partial charge >= 0.3 is 0 Å². The second-order valence-corrected chi connectivity index (χ2v) is 6.44. The van der Waals surface area contributed by atoms with Crippen LogP contribution in [0.3, 0.4) is 0 Å². The summed E-state index contributed by atoms with van der Waals surface area (Å²) in [4.78, 5) is 14.4. The van der Waals surface area contributed by atoms with Crippen molar-refractivity contribution >= 4 is 17.5 Å². The van der Waals surface area contributed by atoms with E-state index in [9.17, 15) is 9.90 Å². The van der Waals surface area contributed by atoms with E-state index in [0.717, 1.165) is 12.8 Å². The maximum Gasteiger partial charge on any atom is 0.253 e. The fourth-order valence-electron chi connectivity index (χ4n) is 2.83. The molecule has 0 aromatic heterocycles. The predicted octanol–water partition coefficient (Wildman–Crippen LogP) is 3.98. The summed E-state index contributed by atoms with van der Waals surface area (Å²) in [7, 11) is 0. The summed E-state index contributed by atoms with van der Waals surface area (Å²) in [6.07, 6.45) is 1.72. The SMILES string of the molecule is O=C(c1ccc(Oc2cccc(Cl)c2)cc1)N1CCC(CO)CC1. The molecule has 0 aliphatic carbocycles. The van der Waals surface area contributed by atoms with E-state index in [1.54, 1.807) is 36.4 Å². The molecule has 1 amide bonds. The Morgan fingerprint density at radius 3 is 2.46 bits per heavy atom. The zero-order chi connectivity index (χ0) is 16.9. The zero-order valence-corrected chi connectivity index (χ0v) is 14.1. The number of aliphatic hydroxyl groups excluding tert-OH is 1. The van der Waals surface area contributed by atoms with Gasteiger partial charge in [-0.15, -0.1) is 0 Å². The number of amides is 1. The van der Waals surface area contributed by atoms with Crippen LogP contribution in [-0.4, -0.2) is 35.6 Å². The lowest BCUT2D eigenvalue weighted by atomic mass is 9.97. The third-order valence-electron chi connectivity index (χ3n) is 4.29. The van der Waals surface area contributed by atoms with E-state index in [1.807, 2.05) is 17.0 Å². The molecule has 4 nitrogen and oxygen atoms in total. The predicted molar refractivity (Wildman–Crippen MR) is 93.7 cm³/mol. The molecule has 1 heterocycles. The summed E-state index contributed by atoms with van der Waals surface area (Å²) in [5.74, 6) is 1.67. The molecule has 1 aliphatic heterocycles. The summed E-state index contributed by atoms with van der Waals surface area (Å²) < 4.78 is 5.73.